The monoisotopic (exact) mass is 867 g/mol. The number of amides is 3. The van der Waals surface area contributed by atoms with Crippen molar-refractivity contribution in [3.8, 4) is 23.3 Å². The molecule has 9 rings (SSSR count). The standard InChI is InChI=1S/C53H45N3O9/c1-33(36-14-6-3-7-15-36)54-52(62)55-42-29-26-35(23-22-34-24-27-39(63-2)28-25-34)32-41(42)53(51(55)61)44(49(58)59)46-50(60)65-47(38-18-10-5-11-19-38)45(37-16-8-4-9-17-37)56(46)48(53)40-20-12-13-21-43(40)64-31-30-57/h3-21,24-29,32-33,44-48,57H,30-31H2,1-2H3,(H,54,62)(H,58,59). The van der Waals surface area contributed by atoms with Gasteiger partial charge in [0.25, 0.3) is 0 Å². The largest absolute Gasteiger partial charge is 0.497 e. The highest BCUT2D eigenvalue weighted by molar-refractivity contribution is 6.24. The molecule has 2 fully saturated rings. The second-order valence-corrected chi connectivity index (χ2v) is 16.1. The van der Waals surface area contributed by atoms with Gasteiger partial charge in [-0.3, -0.25) is 19.3 Å². The van der Waals surface area contributed by atoms with E-state index in [-0.39, 0.29) is 30.2 Å². The van der Waals surface area contributed by atoms with Crippen LogP contribution in [0.15, 0.2) is 158 Å². The maximum absolute atomic E-state index is 16.3. The van der Waals surface area contributed by atoms with Gasteiger partial charge in [0, 0.05) is 16.7 Å². The van der Waals surface area contributed by atoms with Gasteiger partial charge >= 0.3 is 18.0 Å². The minimum atomic E-state index is -2.20. The van der Waals surface area contributed by atoms with Crippen LogP contribution in [0.25, 0.3) is 0 Å². The number of carbonyl (C=O) groups is 4. The predicted octanol–water partition coefficient (Wildman–Crippen LogP) is 7.69. The number of rotatable bonds is 10. The summed E-state index contributed by atoms with van der Waals surface area (Å²) >= 11 is 0. The fourth-order valence-corrected chi connectivity index (χ4v) is 9.82. The van der Waals surface area contributed by atoms with Crippen molar-refractivity contribution in [3.05, 3.63) is 197 Å². The number of esters is 1. The Kier molecular flexibility index (Phi) is 11.7. The first-order chi connectivity index (χ1) is 31.7. The number of carbonyl (C=O) groups excluding carboxylic acids is 3. The average molecular weight is 868 g/mol. The molecular weight excluding hydrogens is 823 g/mol. The highest BCUT2D eigenvalue weighted by Gasteiger charge is 2.76. The van der Waals surface area contributed by atoms with Crippen molar-refractivity contribution < 1.29 is 43.6 Å². The van der Waals surface area contributed by atoms with Gasteiger partial charge in [0.1, 0.15) is 41.6 Å². The van der Waals surface area contributed by atoms with Crippen LogP contribution in [-0.2, 0) is 24.5 Å². The molecule has 1 spiro atoms. The maximum Gasteiger partial charge on any atom is 0.329 e. The van der Waals surface area contributed by atoms with Crippen molar-refractivity contribution in [2.45, 2.75) is 42.6 Å². The molecule has 0 bridgehead atoms. The number of aliphatic carboxylic acids is 1. The number of carboxylic acids is 1. The van der Waals surface area contributed by atoms with E-state index >= 15 is 9.59 Å². The molecule has 12 nitrogen and oxygen atoms in total. The number of anilines is 1. The molecule has 3 N–H and O–H groups in total. The number of morpholine rings is 1. The number of aliphatic hydroxyl groups excluding tert-OH is 1. The van der Waals surface area contributed by atoms with Crippen molar-refractivity contribution in [1.29, 1.82) is 0 Å². The number of cyclic esters (lactones) is 1. The van der Waals surface area contributed by atoms with Crippen molar-refractivity contribution in [2.24, 2.45) is 5.92 Å². The summed E-state index contributed by atoms with van der Waals surface area (Å²) in [5.41, 5.74) is 1.70. The van der Waals surface area contributed by atoms with E-state index in [1.54, 1.807) is 85.7 Å². The van der Waals surface area contributed by atoms with Gasteiger partial charge in [-0.2, -0.15) is 0 Å². The van der Waals surface area contributed by atoms with E-state index in [1.807, 2.05) is 91.0 Å². The van der Waals surface area contributed by atoms with E-state index in [0.717, 1.165) is 10.5 Å². The summed E-state index contributed by atoms with van der Waals surface area (Å²) in [5, 5.41) is 24.7. The first-order valence-corrected chi connectivity index (χ1v) is 21.3. The minimum Gasteiger partial charge on any atom is -0.497 e. The molecule has 7 atom stereocenters. The van der Waals surface area contributed by atoms with Gasteiger partial charge in [-0.25, -0.2) is 9.69 Å². The van der Waals surface area contributed by atoms with Gasteiger partial charge < -0.3 is 29.7 Å². The number of nitrogens with one attached hydrogen (secondary N) is 1. The molecule has 12 heteroatoms. The predicted molar refractivity (Wildman–Crippen MR) is 241 cm³/mol. The summed E-state index contributed by atoms with van der Waals surface area (Å²) in [6.45, 7) is 1.33. The summed E-state index contributed by atoms with van der Waals surface area (Å²) < 4.78 is 17.9. The zero-order chi connectivity index (χ0) is 45.2. The number of para-hydroxylation sites is 1. The van der Waals surface area contributed by atoms with Crippen molar-refractivity contribution >= 4 is 29.6 Å². The third-order valence-electron chi connectivity index (χ3n) is 12.6. The number of fused-ring (bicyclic) bond motifs is 3. The number of hydrogen-bond acceptors (Lipinski definition) is 9. The molecule has 326 valence electrons. The van der Waals surface area contributed by atoms with E-state index in [1.165, 1.54) is 0 Å². The number of hydrogen-bond donors (Lipinski definition) is 3. The molecule has 0 aliphatic carbocycles. The number of benzene rings is 6. The Morgan fingerprint density at radius 3 is 2.06 bits per heavy atom. The highest BCUT2D eigenvalue weighted by atomic mass is 16.6. The zero-order valence-corrected chi connectivity index (χ0v) is 35.5. The van der Waals surface area contributed by atoms with E-state index < -0.39 is 65.5 Å². The molecule has 65 heavy (non-hydrogen) atoms. The molecule has 0 aromatic heterocycles. The van der Waals surface area contributed by atoms with Crippen molar-refractivity contribution in [3.63, 3.8) is 0 Å². The molecule has 2 saturated heterocycles. The average Bonchev–Trinajstić information content (AvgIpc) is 3.80. The topological polar surface area (TPSA) is 155 Å². The summed E-state index contributed by atoms with van der Waals surface area (Å²) in [4.78, 5) is 63.4. The Morgan fingerprint density at radius 2 is 1.40 bits per heavy atom. The number of ether oxygens (including phenoxy) is 3. The number of urea groups is 1. The summed E-state index contributed by atoms with van der Waals surface area (Å²) in [5.74, 6) is 2.28. The van der Waals surface area contributed by atoms with Crippen LogP contribution in [0.1, 0.15) is 70.1 Å². The molecule has 0 saturated carbocycles. The van der Waals surface area contributed by atoms with Crippen LogP contribution < -0.4 is 19.7 Å². The van der Waals surface area contributed by atoms with E-state index in [4.69, 9.17) is 14.2 Å². The SMILES string of the molecule is COc1ccc(C#Cc2ccc3c(c2)C2(C(=O)N3C(=O)NC(C)c3ccccc3)C(C(=O)O)C3C(=O)OC(c4ccccc4)C(c4ccccc4)N3C2c2ccccc2OCCO)cc1. The lowest BCUT2D eigenvalue weighted by atomic mass is 9.65. The lowest BCUT2D eigenvalue weighted by Gasteiger charge is -2.46. The molecule has 0 radical (unpaired) electrons. The van der Waals surface area contributed by atoms with Crippen LogP contribution in [-0.4, -0.2) is 65.4 Å². The van der Waals surface area contributed by atoms with Gasteiger partial charge in [-0.15, -0.1) is 0 Å². The summed E-state index contributed by atoms with van der Waals surface area (Å²) in [6, 6.07) is 41.7. The quantitative estimate of drug-likeness (QED) is 0.0923. The molecular formula is C53H45N3O9. The third kappa shape index (κ3) is 7.44. The number of nitrogens with zero attached hydrogens (tertiary/aromatic N) is 2. The van der Waals surface area contributed by atoms with Gasteiger partial charge in [-0.1, -0.05) is 121 Å². The first kappa shape index (κ1) is 42.6. The van der Waals surface area contributed by atoms with E-state index in [0.29, 0.717) is 33.6 Å². The van der Waals surface area contributed by atoms with E-state index in [2.05, 4.69) is 17.2 Å². The molecule has 3 aliphatic heterocycles. The van der Waals surface area contributed by atoms with Crippen LogP contribution >= 0.6 is 0 Å². The Hall–Kier alpha value is -7.72. The van der Waals surface area contributed by atoms with Gasteiger partial charge in [0.05, 0.1) is 37.5 Å². The zero-order valence-electron chi connectivity index (χ0n) is 35.5. The van der Waals surface area contributed by atoms with Crippen LogP contribution in [0.5, 0.6) is 11.5 Å². The molecule has 3 aliphatic rings. The van der Waals surface area contributed by atoms with Crippen LogP contribution in [0.2, 0.25) is 0 Å². The third-order valence-corrected chi connectivity index (χ3v) is 12.6. The van der Waals surface area contributed by atoms with Crippen molar-refractivity contribution in [2.75, 3.05) is 25.2 Å². The van der Waals surface area contributed by atoms with Gasteiger partial charge in [-0.05, 0) is 77.7 Å². The second-order valence-electron chi connectivity index (χ2n) is 16.1. The number of imide groups is 1. The fourth-order valence-electron chi connectivity index (χ4n) is 9.82. The smallest absolute Gasteiger partial charge is 0.329 e. The lowest BCUT2D eigenvalue weighted by molar-refractivity contribution is -0.179. The normalized spacial score (nSPS) is 22.5. The summed E-state index contributed by atoms with van der Waals surface area (Å²) in [6.07, 6.45) is -0.969. The van der Waals surface area contributed by atoms with Crippen LogP contribution in [0.3, 0.4) is 0 Å². The molecule has 3 amide bonds. The summed E-state index contributed by atoms with van der Waals surface area (Å²) in [7, 11) is 1.57. The maximum atomic E-state index is 16.3. The van der Waals surface area contributed by atoms with Crippen molar-refractivity contribution in [1.82, 2.24) is 10.2 Å². The molecule has 3 heterocycles. The number of carboxylic acid groups (broad SMARTS) is 1. The Morgan fingerprint density at radius 1 is 0.785 bits per heavy atom. The van der Waals surface area contributed by atoms with E-state index in [9.17, 15) is 19.8 Å². The Labute approximate surface area is 376 Å². The first-order valence-electron chi connectivity index (χ1n) is 21.3. The second kappa shape index (κ2) is 17.8. The fraction of sp³-hybridized carbons (Fsp3) is 0.208. The van der Waals surface area contributed by atoms with Gasteiger partial charge in [0.15, 0.2) is 0 Å². The lowest BCUT2D eigenvalue weighted by Crippen LogP contribution is -2.54. The molecule has 7 unspecified atom stereocenters. The Bertz CT molecular complexity index is 2810. The minimum absolute atomic E-state index is 0.124. The number of methoxy groups -OCH3 is 1. The molecule has 6 aromatic rings. The highest BCUT2D eigenvalue weighted by Crippen LogP contribution is 2.66. The Balaban J connectivity index is 1.33. The van der Waals surface area contributed by atoms with Crippen LogP contribution in [0.4, 0.5) is 10.5 Å². The number of aliphatic hydroxyl groups is 1. The van der Waals surface area contributed by atoms with Gasteiger partial charge in [0.2, 0.25) is 5.91 Å². The van der Waals surface area contributed by atoms with Crippen LogP contribution in [0, 0.1) is 17.8 Å². The molecule has 6 aromatic carbocycles.